The second kappa shape index (κ2) is 8.86. The molecule has 0 aliphatic heterocycles. The minimum absolute atomic E-state index is 0. The van der Waals surface area contributed by atoms with Crippen LogP contribution in [0.4, 0.5) is 18.9 Å². The molecule has 1 aromatic rings. The topological polar surface area (TPSA) is 64.3 Å². The molecule has 0 radical (unpaired) electrons. The molecule has 1 amide bonds. The third-order valence-electron chi connectivity index (χ3n) is 2.42. The number of ether oxygens (including phenoxy) is 1. The summed E-state index contributed by atoms with van der Waals surface area (Å²) in [4.78, 5) is 11.5. The number of amides is 1. The highest BCUT2D eigenvalue weighted by Gasteiger charge is 2.31. The summed E-state index contributed by atoms with van der Waals surface area (Å²) in [5.74, 6) is -0.499. The van der Waals surface area contributed by atoms with E-state index in [1.807, 2.05) is 6.92 Å². The van der Waals surface area contributed by atoms with Crippen LogP contribution in [0.1, 0.15) is 24.5 Å². The smallest absolute Gasteiger partial charge is 0.372 e. The molecule has 0 aliphatic carbocycles. The zero-order valence-corrected chi connectivity index (χ0v) is 12.3. The molecule has 1 rings (SSSR count). The van der Waals surface area contributed by atoms with E-state index >= 15 is 0 Å². The fourth-order valence-electron chi connectivity index (χ4n) is 1.55. The summed E-state index contributed by atoms with van der Waals surface area (Å²) in [6.45, 7) is 2.07. The Labute approximate surface area is 127 Å². The average molecular weight is 327 g/mol. The van der Waals surface area contributed by atoms with E-state index in [9.17, 15) is 18.0 Å². The lowest BCUT2D eigenvalue weighted by Crippen LogP contribution is -2.19. The Morgan fingerprint density at radius 1 is 1.33 bits per heavy atom. The molecule has 8 heteroatoms. The second-order valence-corrected chi connectivity index (χ2v) is 4.22. The number of carbonyl (C=O) groups excluding carboxylic acids is 1. The summed E-state index contributed by atoms with van der Waals surface area (Å²) in [6, 6.07) is 3.24. The molecule has 1 aromatic carbocycles. The third-order valence-corrected chi connectivity index (χ3v) is 2.42. The van der Waals surface area contributed by atoms with Gasteiger partial charge in [-0.25, -0.2) is 0 Å². The van der Waals surface area contributed by atoms with Gasteiger partial charge in [-0.1, -0.05) is 6.92 Å². The first-order chi connectivity index (χ1) is 9.36. The van der Waals surface area contributed by atoms with Crippen molar-refractivity contribution in [2.24, 2.45) is 5.73 Å². The van der Waals surface area contributed by atoms with E-state index in [2.05, 4.69) is 5.32 Å². The molecular formula is C13H18ClF3N2O2. The molecule has 0 aliphatic rings. The summed E-state index contributed by atoms with van der Waals surface area (Å²) in [7, 11) is 0. The maximum atomic E-state index is 12.7. The highest BCUT2D eigenvalue weighted by Crippen LogP contribution is 2.31. The molecule has 0 atom stereocenters. The molecule has 0 bridgehead atoms. The molecular weight excluding hydrogens is 309 g/mol. The summed E-state index contributed by atoms with van der Waals surface area (Å²) in [5, 5.41) is 2.37. The van der Waals surface area contributed by atoms with Gasteiger partial charge in [-0.2, -0.15) is 13.2 Å². The van der Waals surface area contributed by atoms with Crippen LogP contribution >= 0.6 is 12.4 Å². The van der Waals surface area contributed by atoms with Crippen LogP contribution in [0.2, 0.25) is 0 Å². The third kappa shape index (κ3) is 6.79. The van der Waals surface area contributed by atoms with Crippen molar-refractivity contribution in [3.63, 3.8) is 0 Å². The maximum Gasteiger partial charge on any atom is 0.416 e. The van der Waals surface area contributed by atoms with Crippen LogP contribution in [0, 0.1) is 0 Å². The predicted molar refractivity (Wildman–Crippen MR) is 76.3 cm³/mol. The summed E-state index contributed by atoms with van der Waals surface area (Å²) in [6.07, 6.45) is -3.72. The summed E-state index contributed by atoms with van der Waals surface area (Å²) >= 11 is 0. The van der Waals surface area contributed by atoms with Gasteiger partial charge in [0.2, 0.25) is 5.91 Å². The number of rotatable bonds is 6. The van der Waals surface area contributed by atoms with Gasteiger partial charge < -0.3 is 15.8 Å². The predicted octanol–water partition coefficient (Wildman–Crippen LogP) is 2.95. The van der Waals surface area contributed by atoms with Crippen molar-refractivity contribution >= 4 is 24.0 Å². The van der Waals surface area contributed by atoms with E-state index in [1.54, 1.807) is 0 Å². The van der Waals surface area contributed by atoms with Crippen LogP contribution < -0.4 is 11.1 Å². The summed E-state index contributed by atoms with van der Waals surface area (Å²) in [5.41, 5.74) is 4.87. The lowest BCUT2D eigenvalue weighted by atomic mass is 10.1. The molecule has 0 heterocycles. The number of hydrogen-bond acceptors (Lipinski definition) is 3. The number of hydrogen-bond donors (Lipinski definition) is 2. The van der Waals surface area contributed by atoms with E-state index in [0.29, 0.717) is 12.2 Å². The Bertz CT molecular complexity index is 467. The monoisotopic (exact) mass is 326 g/mol. The first-order valence-electron chi connectivity index (χ1n) is 6.15. The number of alkyl halides is 3. The van der Waals surface area contributed by atoms with Gasteiger partial charge in [0.1, 0.15) is 6.61 Å². The van der Waals surface area contributed by atoms with Gasteiger partial charge in [0.05, 0.1) is 5.56 Å². The number of halogens is 4. The Morgan fingerprint density at radius 2 is 2.00 bits per heavy atom. The molecule has 0 fully saturated rings. The van der Waals surface area contributed by atoms with Gasteiger partial charge in [0, 0.05) is 18.8 Å². The van der Waals surface area contributed by atoms with Crippen LogP contribution in [0.25, 0.3) is 0 Å². The molecule has 0 spiro atoms. The van der Waals surface area contributed by atoms with Gasteiger partial charge in [0.25, 0.3) is 0 Å². The SMILES string of the molecule is CCCOCC(=O)Nc1cc(CN)cc(C(F)(F)F)c1.Cl. The number of carbonyl (C=O) groups is 1. The molecule has 0 unspecified atom stereocenters. The van der Waals surface area contributed by atoms with Crippen molar-refractivity contribution in [2.45, 2.75) is 26.1 Å². The Morgan fingerprint density at radius 3 is 2.52 bits per heavy atom. The molecule has 3 N–H and O–H groups in total. The van der Waals surface area contributed by atoms with Crippen molar-refractivity contribution in [1.82, 2.24) is 0 Å². The molecule has 21 heavy (non-hydrogen) atoms. The largest absolute Gasteiger partial charge is 0.416 e. The zero-order valence-electron chi connectivity index (χ0n) is 11.5. The van der Waals surface area contributed by atoms with Crippen LogP contribution in [0.15, 0.2) is 18.2 Å². The van der Waals surface area contributed by atoms with Crippen molar-refractivity contribution < 1.29 is 22.7 Å². The van der Waals surface area contributed by atoms with Gasteiger partial charge in [0.15, 0.2) is 0 Å². The Hall–Kier alpha value is -1.31. The number of nitrogens with one attached hydrogen (secondary N) is 1. The molecule has 0 aromatic heterocycles. The van der Waals surface area contributed by atoms with E-state index < -0.39 is 17.6 Å². The van der Waals surface area contributed by atoms with Crippen LogP contribution in [0.5, 0.6) is 0 Å². The zero-order chi connectivity index (χ0) is 15.2. The van der Waals surface area contributed by atoms with Gasteiger partial charge in [-0.05, 0) is 30.2 Å². The molecule has 0 saturated carbocycles. The van der Waals surface area contributed by atoms with E-state index in [1.165, 1.54) is 6.07 Å². The van der Waals surface area contributed by atoms with Crippen LogP contribution in [-0.4, -0.2) is 19.1 Å². The first kappa shape index (κ1) is 19.7. The fraction of sp³-hybridized carbons (Fsp3) is 0.462. The van der Waals surface area contributed by atoms with Crippen molar-refractivity contribution in [3.05, 3.63) is 29.3 Å². The Kier molecular flexibility index (Phi) is 8.31. The highest BCUT2D eigenvalue weighted by molar-refractivity contribution is 5.91. The number of nitrogens with two attached hydrogens (primary N) is 1. The average Bonchev–Trinajstić information content (AvgIpc) is 2.37. The second-order valence-electron chi connectivity index (χ2n) is 4.22. The minimum atomic E-state index is -4.48. The van der Waals surface area contributed by atoms with Gasteiger partial charge >= 0.3 is 6.18 Å². The minimum Gasteiger partial charge on any atom is -0.372 e. The maximum absolute atomic E-state index is 12.7. The van der Waals surface area contributed by atoms with Crippen LogP contribution in [0.3, 0.4) is 0 Å². The highest BCUT2D eigenvalue weighted by atomic mass is 35.5. The molecule has 4 nitrogen and oxygen atoms in total. The van der Waals surface area contributed by atoms with Gasteiger partial charge in [-0.3, -0.25) is 4.79 Å². The van der Waals surface area contributed by atoms with E-state index in [4.69, 9.17) is 10.5 Å². The standard InChI is InChI=1S/C13H17F3N2O2.ClH/c1-2-3-20-8-12(19)18-11-5-9(7-17)4-10(6-11)13(14,15)16;/h4-6H,2-3,7-8,17H2,1H3,(H,18,19);1H. The fourth-order valence-corrected chi connectivity index (χ4v) is 1.55. The quantitative estimate of drug-likeness (QED) is 0.790. The van der Waals surface area contributed by atoms with Crippen molar-refractivity contribution in [3.8, 4) is 0 Å². The Balaban J connectivity index is 0.00000400. The van der Waals surface area contributed by atoms with Crippen LogP contribution in [-0.2, 0) is 22.3 Å². The molecule has 0 saturated heterocycles. The lowest BCUT2D eigenvalue weighted by Gasteiger charge is -2.12. The normalized spacial score (nSPS) is 10.9. The van der Waals surface area contributed by atoms with Crippen molar-refractivity contribution in [2.75, 3.05) is 18.5 Å². The lowest BCUT2D eigenvalue weighted by molar-refractivity contribution is -0.137. The summed E-state index contributed by atoms with van der Waals surface area (Å²) < 4.78 is 43.1. The van der Waals surface area contributed by atoms with E-state index in [0.717, 1.165) is 18.6 Å². The van der Waals surface area contributed by atoms with E-state index in [-0.39, 0.29) is 31.2 Å². The first-order valence-corrected chi connectivity index (χ1v) is 6.15. The molecule has 120 valence electrons. The van der Waals surface area contributed by atoms with Crippen molar-refractivity contribution in [1.29, 1.82) is 0 Å². The van der Waals surface area contributed by atoms with Gasteiger partial charge in [-0.15, -0.1) is 12.4 Å². The number of benzene rings is 1. The number of anilines is 1.